The number of hydrogen-bond acceptors (Lipinski definition) is 3. The van der Waals surface area contributed by atoms with Crippen molar-refractivity contribution in [2.45, 2.75) is 20.3 Å². The molecular weight excluding hydrogens is 256 g/mol. The van der Waals surface area contributed by atoms with Crippen LogP contribution in [0.2, 0.25) is 0 Å². The van der Waals surface area contributed by atoms with Crippen LogP contribution in [0, 0.1) is 6.92 Å². The maximum Gasteiger partial charge on any atom is 0.272 e. The van der Waals surface area contributed by atoms with E-state index in [1.54, 1.807) is 0 Å². The third-order valence-corrected chi connectivity index (χ3v) is 2.92. The minimum Gasteiger partial charge on any atom is -0.355 e. The molecule has 0 radical (unpaired) electrons. The highest BCUT2D eigenvalue weighted by Gasteiger charge is 2.14. The van der Waals surface area contributed by atoms with Gasteiger partial charge in [0.25, 0.3) is 5.91 Å². The van der Waals surface area contributed by atoms with E-state index in [2.05, 4.69) is 20.8 Å². The second kappa shape index (κ2) is 6.18. The van der Waals surface area contributed by atoms with Crippen LogP contribution in [0.25, 0.3) is 10.9 Å². The molecule has 0 saturated carbocycles. The number of carbonyl (C=O) groups excluding carboxylic acids is 2. The Hall–Kier alpha value is -2.37. The highest BCUT2D eigenvalue weighted by Crippen LogP contribution is 2.17. The van der Waals surface area contributed by atoms with Crippen LogP contribution in [0.5, 0.6) is 0 Å². The first-order valence-corrected chi connectivity index (χ1v) is 6.61. The van der Waals surface area contributed by atoms with E-state index in [1.165, 1.54) is 0 Å². The van der Waals surface area contributed by atoms with E-state index in [0.29, 0.717) is 12.2 Å². The Balaban J connectivity index is 2.04. The average Bonchev–Trinajstić information content (AvgIpc) is 2.85. The molecule has 0 bridgehead atoms. The molecule has 0 spiro atoms. The summed E-state index contributed by atoms with van der Waals surface area (Å²) < 4.78 is 0. The van der Waals surface area contributed by atoms with Gasteiger partial charge in [-0.15, -0.1) is 0 Å². The van der Waals surface area contributed by atoms with Crippen molar-refractivity contribution in [3.05, 3.63) is 29.5 Å². The van der Waals surface area contributed by atoms with Gasteiger partial charge in [0.15, 0.2) is 5.69 Å². The van der Waals surface area contributed by atoms with E-state index in [4.69, 9.17) is 0 Å². The molecule has 0 aliphatic rings. The molecule has 3 N–H and O–H groups in total. The fraction of sp³-hybridized carbons (Fsp3) is 0.357. The number of hydrogen-bond donors (Lipinski definition) is 3. The smallest absolute Gasteiger partial charge is 0.272 e. The standard InChI is InChI=1S/C14H18N4O2/c1-3-6-15-12(19)8-16-14(20)13-10-7-9(2)4-5-11(10)17-18-13/h4-5,7H,3,6,8H2,1-2H3,(H,15,19)(H,16,20)(H,17,18). The number of benzene rings is 1. The van der Waals surface area contributed by atoms with Gasteiger partial charge in [0.1, 0.15) is 0 Å². The van der Waals surface area contributed by atoms with Crippen molar-refractivity contribution in [2.75, 3.05) is 13.1 Å². The maximum absolute atomic E-state index is 12.0. The van der Waals surface area contributed by atoms with Crippen molar-refractivity contribution >= 4 is 22.7 Å². The SMILES string of the molecule is CCCNC(=O)CNC(=O)c1n[nH]c2ccc(C)cc12. The monoisotopic (exact) mass is 274 g/mol. The molecule has 0 fully saturated rings. The molecule has 6 heteroatoms. The van der Waals surface area contributed by atoms with Crippen molar-refractivity contribution in [3.63, 3.8) is 0 Å². The Morgan fingerprint density at radius 1 is 1.30 bits per heavy atom. The summed E-state index contributed by atoms with van der Waals surface area (Å²) in [6.45, 7) is 4.49. The van der Waals surface area contributed by atoms with E-state index < -0.39 is 0 Å². The van der Waals surface area contributed by atoms with Gasteiger partial charge in [0.2, 0.25) is 5.91 Å². The van der Waals surface area contributed by atoms with E-state index in [-0.39, 0.29) is 18.4 Å². The van der Waals surface area contributed by atoms with Gasteiger partial charge < -0.3 is 10.6 Å². The molecule has 6 nitrogen and oxygen atoms in total. The lowest BCUT2D eigenvalue weighted by Crippen LogP contribution is -2.37. The van der Waals surface area contributed by atoms with Gasteiger partial charge >= 0.3 is 0 Å². The highest BCUT2D eigenvalue weighted by atomic mass is 16.2. The number of aromatic amines is 1. The van der Waals surface area contributed by atoms with Crippen molar-refractivity contribution in [1.29, 1.82) is 0 Å². The van der Waals surface area contributed by atoms with E-state index in [0.717, 1.165) is 22.9 Å². The summed E-state index contributed by atoms with van der Waals surface area (Å²) in [5, 5.41) is 12.8. The summed E-state index contributed by atoms with van der Waals surface area (Å²) in [5.41, 5.74) is 2.16. The molecule has 0 atom stereocenters. The van der Waals surface area contributed by atoms with Crippen molar-refractivity contribution in [1.82, 2.24) is 20.8 Å². The molecule has 0 saturated heterocycles. The Morgan fingerprint density at radius 3 is 2.85 bits per heavy atom. The predicted molar refractivity (Wildman–Crippen MR) is 76.5 cm³/mol. The summed E-state index contributed by atoms with van der Waals surface area (Å²) >= 11 is 0. The Labute approximate surface area is 116 Å². The minimum atomic E-state index is -0.353. The molecule has 2 amide bonds. The fourth-order valence-corrected chi connectivity index (χ4v) is 1.87. The molecule has 0 aliphatic carbocycles. The van der Waals surface area contributed by atoms with Crippen LogP contribution in [-0.4, -0.2) is 35.1 Å². The van der Waals surface area contributed by atoms with E-state index >= 15 is 0 Å². The van der Waals surface area contributed by atoms with Crippen molar-refractivity contribution in [3.8, 4) is 0 Å². The first-order valence-electron chi connectivity index (χ1n) is 6.61. The number of nitrogens with zero attached hydrogens (tertiary/aromatic N) is 1. The molecule has 20 heavy (non-hydrogen) atoms. The second-order valence-corrected chi connectivity index (χ2v) is 4.65. The largest absolute Gasteiger partial charge is 0.355 e. The maximum atomic E-state index is 12.0. The van der Waals surface area contributed by atoms with Crippen LogP contribution >= 0.6 is 0 Å². The highest BCUT2D eigenvalue weighted by molar-refractivity contribution is 6.05. The Bertz CT molecular complexity index is 633. The van der Waals surface area contributed by atoms with Gasteiger partial charge in [-0.25, -0.2) is 0 Å². The van der Waals surface area contributed by atoms with Gasteiger partial charge in [0.05, 0.1) is 12.1 Å². The van der Waals surface area contributed by atoms with Crippen LogP contribution in [0.4, 0.5) is 0 Å². The molecular formula is C14H18N4O2. The Morgan fingerprint density at radius 2 is 2.10 bits per heavy atom. The third kappa shape index (κ3) is 3.14. The molecule has 2 aromatic rings. The third-order valence-electron chi connectivity index (χ3n) is 2.92. The number of nitrogens with one attached hydrogen (secondary N) is 3. The minimum absolute atomic E-state index is 0.0427. The number of rotatable bonds is 5. The number of carbonyl (C=O) groups is 2. The number of fused-ring (bicyclic) bond motifs is 1. The number of amides is 2. The second-order valence-electron chi connectivity index (χ2n) is 4.65. The molecule has 1 aromatic carbocycles. The average molecular weight is 274 g/mol. The van der Waals surface area contributed by atoms with Crippen LogP contribution in [0.15, 0.2) is 18.2 Å². The molecule has 106 valence electrons. The van der Waals surface area contributed by atoms with Gasteiger partial charge in [-0.1, -0.05) is 18.6 Å². The van der Waals surface area contributed by atoms with Crippen LogP contribution < -0.4 is 10.6 Å². The van der Waals surface area contributed by atoms with Gasteiger partial charge in [-0.2, -0.15) is 5.10 Å². The summed E-state index contributed by atoms with van der Waals surface area (Å²) in [6, 6.07) is 5.72. The number of aromatic nitrogens is 2. The van der Waals surface area contributed by atoms with Crippen LogP contribution in [0.3, 0.4) is 0 Å². The quantitative estimate of drug-likeness (QED) is 0.763. The van der Waals surface area contributed by atoms with Crippen molar-refractivity contribution < 1.29 is 9.59 Å². The lowest BCUT2D eigenvalue weighted by Gasteiger charge is -2.04. The molecule has 1 aromatic heterocycles. The zero-order chi connectivity index (χ0) is 14.5. The zero-order valence-corrected chi connectivity index (χ0v) is 11.6. The molecule has 2 rings (SSSR count). The fourth-order valence-electron chi connectivity index (χ4n) is 1.87. The topological polar surface area (TPSA) is 86.9 Å². The molecule has 0 aliphatic heterocycles. The summed E-state index contributed by atoms with van der Waals surface area (Å²) in [5.74, 6) is -0.551. The number of aryl methyl sites for hydroxylation is 1. The molecule has 1 heterocycles. The summed E-state index contributed by atoms with van der Waals surface area (Å²) in [4.78, 5) is 23.5. The first kappa shape index (κ1) is 14.0. The van der Waals surface area contributed by atoms with Gasteiger partial charge in [-0.05, 0) is 25.5 Å². The molecule has 0 unspecified atom stereocenters. The lowest BCUT2D eigenvalue weighted by atomic mass is 10.1. The van der Waals surface area contributed by atoms with Crippen LogP contribution in [0.1, 0.15) is 29.4 Å². The normalized spacial score (nSPS) is 10.5. The lowest BCUT2D eigenvalue weighted by molar-refractivity contribution is -0.120. The zero-order valence-electron chi connectivity index (χ0n) is 11.6. The Kier molecular flexibility index (Phi) is 4.34. The first-order chi connectivity index (χ1) is 9.61. The van der Waals surface area contributed by atoms with Gasteiger partial charge in [-0.3, -0.25) is 14.7 Å². The predicted octanol–water partition coefficient (Wildman–Crippen LogP) is 1.13. The van der Waals surface area contributed by atoms with Gasteiger partial charge in [0, 0.05) is 11.9 Å². The van der Waals surface area contributed by atoms with Crippen LogP contribution in [-0.2, 0) is 4.79 Å². The number of H-pyrrole nitrogens is 1. The van der Waals surface area contributed by atoms with E-state index in [1.807, 2.05) is 32.0 Å². The van der Waals surface area contributed by atoms with Crippen molar-refractivity contribution in [2.24, 2.45) is 0 Å². The van der Waals surface area contributed by atoms with E-state index in [9.17, 15) is 9.59 Å². The summed E-state index contributed by atoms with van der Waals surface area (Å²) in [7, 11) is 0. The summed E-state index contributed by atoms with van der Waals surface area (Å²) in [6.07, 6.45) is 0.864.